The van der Waals surface area contributed by atoms with Gasteiger partial charge < -0.3 is 0 Å². The Labute approximate surface area is 138 Å². The second-order valence-electron chi connectivity index (χ2n) is 4.47. The lowest BCUT2D eigenvalue weighted by atomic mass is 10.0. The predicted octanol–water partition coefficient (Wildman–Crippen LogP) is 5.66. The molecule has 0 unspecified atom stereocenters. The average molecular weight is 333 g/mol. The Morgan fingerprint density at radius 3 is 1.75 bits per heavy atom. The van der Waals surface area contributed by atoms with Crippen LogP contribution in [0, 0.1) is 0 Å². The van der Waals surface area contributed by atoms with E-state index in [0.29, 0.717) is 0 Å². The molecule has 0 saturated heterocycles. The van der Waals surface area contributed by atoms with E-state index < -0.39 is 0 Å². The van der Waals surface area contributed by atoms with E-state index in [9.17, 15) is 0 Å². The summed E-state index contributed by atoms with van der Waals surface area (Å²) in [5.41, 5.74) is 2.37. The van der Waals surface area contributed by atoms with Gasteiger partial charge in [0.1, 0.15) is 0 Å². The zero-order valence-electron chi connectivity index (χ0n) is 10.7. The monoisotopic (exact) mass is 332 g/mol. The van der Waals surface area contributed by atoms with E-state index in [1.165, 1.54) is 21.0 Å². The molecule has 0 nitrogen and oxygen atoms in total. The molecule has 0 N–H and O–H groups in total. The van der Waals surface area contributed by atoms with Crippen LogP contribution in [0.15, 0.2) is 68.2 Å². The van der Waals surface area contributed by atoms with Gasteiger partial charge in [-0.25, -0.2) is 0 Å². The fraction of sp³-hybridized carbons (Fsp3) is 0.125. The van der Waals surface area contributed by atoms with Crippen molar-refractivity contribution in [2.75, 3.05) is 0 Å². The van der Waals surface area contributed by atoms with Crippen molar-refractivity contribution in [3.05, 3.63) is 68.2 Å². The molecule has 1 aliphatic heterocycles. The summed E-state index contributed by atoms with van der Waals surface area (Å²) >= 11 is 14.4. The second kappa shape index (κ2) is 6.39. The minimum atomic E-state index is 0.868. The summed E-state index contributed by atoms with van der Waals surface area (Å²) in [6.07, 6.45) is 14.3. The summed E-state index contributed by atoms with van der Waals surface area (Å²) < 4.78 is 0. The van der Waals surface area contributed by atoms with Crippen LogP contribution in [0.2, 0.25) is 0 Å². The van der Waals surface area contributed by atoms with Crippen molar-refractivity contribution in [3.63, 3.8) is 0 Å². The van der Waals surface area contributed by atoms with Crippen LogP contribution in [-0.2, 0) is 0 Å². The zero-order valence-corrected chi connectivity index (χ0v) is 13.9. The molecule has 0 saturated carbocycles. The summed E-state index contributed by atoms with van der Waals surface area (Å²) in [6.45, 7) is 0. The number of thioether (sulfide) groups is 2. The standard InChI is InChI=1S/C16H12S4/c17-13-7-3-1-5-11(13)15-9-19-10-16(20-15)12-6-2-4-8-14(12)18/h1-6,9-10H,7-8H2. The molecular formula is C16H12S4. The quantitative estimate of drug-likeness (QED) is 0.598. The smallest absolute Gasteiger partial charge is 0.0273 e. The number of hydrogen-bond donors (Lipinski definition) is 0. The topological polar surface area (TPSA) is 0 Å². The molecule has 20 heavy (non-hydrogen) atoms. The molecule has 3 rings (SSSR count). The van der Waals surface area contributed by atoms with Crippen LogP contribution < -0.4 is 0 Å². The summed E-state index contributed by atoms with van der Waals surface area (Å²) in [5.74, 6) is 0. The van der Waals surface area contributed by atoms with Gasteiger partial charge in [-0.1, -0.05) is 72.7 Å². The molecule has 0 radical (unpaired) electrons. The third-order valence-electron chi connectivity index (χ3n) is 3.11. The Bertz CT molecular complexity index is 598. The molecule has 3 aliphatic rings. The lowest BCUT2D eigenvalue weighted by Gasteiger charge is -2.21. The largest absolute Gasteiger partial charge is 0.104 e. The first-order valence-electron chi connectivity index (χ1n) is 6.30. The molecule has 0 aromatic rings. The molecule has 0 aromatic carbocycles. The van der Waals surface area contributed by atoms with E-state index >= 15 is 0 Å². The average Bonchev–Trinajstić information content (AvgIpc) is 2.48. The summed E-state index contributed by atoms with van der Waals surface area (Å²) in [5, 5.41) is 4.35. The number of hydrogen-bond acceptors (Lipinski definition) is 4. The summed E-state index contributed by atoms with van der Waals surface area (Å²) in [7, 11) is 0. The van der Waals surface area contributed by atoms with Crippen LogP contribution in [0.1, 0.15) is 12.8 Å². The van der Waals surface area contributed by atoms with Gasteiger partial charge in [0.2, 0.25) is 0 Å². The van der Waals surface area contributed by atoms with Gasteiger partial charge >= 0.3 is 0 Å². The molecule has 4 heteroatoms. The van der Waals surface area contributed by atoms with Crippen LogP contribution in [0.3, 0.4) is 0 Å². The highest BCUT2D eigenvalue weighted by atomic mass is 32.2. The van der Waals surface area contributed by atoms with Gasteiger partial charge in [-0.3, -0.25) is 0 Å². The Balaban J connectivity index is 1.84. The van der Waals surface area contributed by atoms with Crippen LogP contribution in [0.25, 0.3) is 0 Å². The third-order valence-corrected chi connectivity index (χ3v) is 6.04. The van der Waals surface area contributed by atoms with Crippen LogP contribution in [0.4, 0.5) is 0 Å². The maximum atomic E-state index is 5.47. The van der Waals surface area contributed by atoms with Crippen LogP contribution in [-0.4, -0.2) is 9.73 Å². The molecule has 0 aromatic heterocycles. The maximum Gasteiger partial charge on any atom is 0.0273 e. The third kappa shape index (κ3) is 2.98. The fourth-order valence-electron chi connectivity index (χ4n) is 2.08. The van der Waals surface area contributed by atoms with Crippen molar-refractivity contribution in [2.45, 2.75) is 12.8 Å². The van der Waals surface area contributed by atoms with Crippen LogP contribution in [0.5, 0.6) is 0 Å². The molecule has 0 amide bonds. The molecule has 100 valence electrons. The Morgan fingerprint density at radius 2 is 1.30 bits per heavy atom. The molecule has 2 aliphatic carbocycles. The van der Waals surface area contributed by atoms with Gasteiger partial charge in [-0.2, -0.15) is 0 Å². The Kier molecular flexibility index (Phi) is 4.56. The fourth-order valence-corrected chi connectivity index (χ4v) is 4.89. The Morgan fingerprint density at radius 1 is 0.800 bits per heavy atom. The molecule has 1 heterocycles. The first-order chi connectivity index (χ1) is 9.75. The summed E-state index contributed by atoms with van der Waals surface area (Å²) in [6, 6.07) is 0. The number of allylic oxidation sites excluding steroid dienone is 8. The van der Waals surface area contributed by atoms with Gasteiger partial charge in [0, 0.05) is 43.5 Å². The predicted molar refractivity (Wildman–Crippen MR) is 100 cm³/mol. The lowest BCUT2D eigenvalue weighted by molar-refractivity contribution is 1.45. The minimum Gasteiger partial charge on any atom is -0.104 e. The highest BCUT2D eigenvalue weighted by molar-refractivity contribution is 8.13. The number of thiocarbonyl (C=S) groups is 2. The van der Waals surface area contributed by atoms with Crippen LogP contribution >= 0.6 is 48.0 Å². The minimum absolute atomic E-state index is 0.868. The van der Waals surface area contributed by atoms with Crippen molar-refractivity contribution in [1.82, 2.24) is 0 Å². The van der Waals surface area contributed by atoms with E-state index in [0.717, 1.165) is 22.6 Å². The van der Waals surface area contributed by atoms with E-state index in [1.54, 1.807) is 23.5 Å². The normalized spacial score (nSPS) is 22.2. The highest BCUT2D eigenvalue weighted by Crippen LogP contribution is 2.44. The van der Waals surface area contributed by atoms with E-state index in [2.05, 4.69) is 47.3 Å². The summed E-state index contributed by atoms with van der Waals surface area (Å²) in [4.78, 5) is 4.52. The second-order valence-corrected chi connectivity index (χ2v) is 7.29. The Hall–Kier alpha value is -0.680. The molecule has 0 bridgehead atoms. The van der Waals surface area contributed by atoms with Gasteiger partial charge in [0.05, 0.1) is 0 Å². The maximum absolute atomic E-state index is 5.47. The van der Waals surface area contributed by atoms with E-state index in [-0.39, 0.29) is 0 Å². The zero-order chi connectivity index (χ0) is 13.9. The molecule has 0 fully saturated rings. The first-order valence-corrected chi connectivity index (χ1v) is 8.88. The van der Waals surface area contributed by atoms with Crippen molar-refractivity contribution in [2.24, 2.45) is 0 Å². The van der Waals surface area contributed by atoms with Gasteiger partial charge in [0.15, 0.2) is 0 Å². The first kappa shape index (κ1) is 14.3. The number of rotatable bonds is 2. The molecule has 0 atom stereocenters. The van der Waals surface area contributed by atoms with Gasteiger partial charge in [-0.05, 0) is 10.8 Å². The van der Waals surface area contributed by atoms with Crippen molar-refractivity contribution in [1.29, 1.82) is 0 Å². The molecular weight excluding hydrogens is 320 g/mol. The van der Waals surface area contributed by atoms with Gasteiger partial charge in [0.25, 0.3) is 0 Å². The molecule has 0 spiro atoms. The SMILES string of the molecule is S=C1CC=CC=C1C1=CSC=C(C2=CC=CCC2=S)S1. The van der Waals surface area contributed by atoms with Crippen molar-refractivity contribution >= 4 is 57.7 Å². The van der Waals surface area contributed by atoms with Crippen molar-refractivity contribution < 1.29 is 0 Å². The highest BCUT2D eigenvalue weighted by Gasteiger charge is 2.20. The lowest BCUT2D eigenvalue weighted by Crippen LogP contribution is -2.07. The van der Waals surface area contributed by atoms with Crippen molar-refractivity contribution in [3.8, 4) is 0 Å². The van der Waals surface area contributed by atoms with Gasteiger partial charge in [-0.15, -0.1) is 11.8 Å². The van der Waals surface area contributed by atoms with E-state index in [4.69, 9.17) is 24.4 Å². The van der Waals surface area contributed by atoms with E-state index in [1.807, 2.05) is 0 Å².